The molecule has 1 aromatic heterocycles. The molecule has 28 heavy (non-hydrogen) atoms. The van der Waals surface area contributed by atoms with Crippen molar-refractivity contribution >= 4 is 29.7 Å². The molecular formula is C23H18N2O3. The van der Waals surface area contributed by atoms with Crippen molar-refractivity contribution < 1.29 is 14.3 Å². The summed E-state index contributed by atoms with van der Waals surface area (Å²) in [7, 11) is 0. The first-order chi connectivity index (χ1) is 13.7. The van der Waals surface area contributed by atoms with Crippen molar-refractivity contribution in [2.24, 2.45) is 0 Å². The fraction of sp³-hybridized carbons (Fsp3) is 0.0870. The third-order valence-electron chi connectivity index (χ3n) is 4.45. The first kappa shape index (κ1) is 17.7. The van der Waals surface area contributed by atoms with Gasteiger partial charge in [0, 0.05) is 17.4 Å². The van der Waals surface area contributed by atoms with E-state index >= 15 is 0 Å². The number of aromatic nitrogens is 1. The summed E-state index contributed by atoms with van der Waals surface area (Å²) in [5, 5.41) is 2.87. The van der Waals surface area contributed by atoms with Crippen LogP contribution >= 0.6 is 0 Å². The molecule has 4 rings (SSSR count). The van der Waals surface area contributed by atoms with E-state index in [1.165, 1.54) is 0 Å². The number of hydrogen-bond acceptors (Lipinski definition) is 4. The summed E-state index contributed by atoms with van der Waals surface area (Å²) in [6.45, 7) is 0. The van der Waals surface area contributed by atoms with E-state index in [0.717, 1.165) is 16.8 Å². The number of benzene rings is 2. The Morgan fingerprint density at radius 1 is 1.04 bits per heavy atom. The van der Waals surface area contributed by atoms with Gasteiger partial charge in [-0.25, -0.2) is 4.79 Å². The summed E-state index contributed by atoms with van der Waals surface area (Å²) < 4.78 is 5.33. The van der Waals surface area contributed by atoms with E-state index in [2.05, 4.69) is 10.3 Å². The van der Waals surface area contributed by atoms with Gasteiger partial charge in [-0.3, -0.25) is 9.78 Å². The highest BCUT2D eigenvalue weighted by molar-refractivity contribution is 5.96. The van der Waals surface area contributed by atoms with Gasteiger partial charge >= 0.3 is 5.97 Å². The van der Waals surface area contributed by atoms with Gasteiger partial charge in [0.2, 0.25) is 5.91 Å². The Labute approximate surface area is 162 Å². The molecule has 0 saturated heterocycles. The van der Waals surface area contributed by atoms with Crippen molar-refractivity contribution in [3.05, 3.63) is 95.3 Å². The summed E-state index contributed by atoms with van der Waals surface area (Å²) in [4.78, 5) is 28.6. The van der Waals surface area contributed by atoms with E-state index in [1.54, 1.807) is 18.3 Å². The van der Waals surface area contributed by atoms with E-state index in [0.29, 0.717) is 11.3 Å². The summed E-state index contributed by atoms with van der Waals surface area (Å²) in [5.74, 6) is -0.588. The Morgan fingerprint density at radius 2 is 1.89 bits per heavy atom. The number of cyclic esters (lactones) is 1. The number of nitrogens with one attached hydrogen (secondary N) is 1. The van der Waals surface area contributed by atoms with Crippen LogP contribution in [0.1, 0.15) is 39.7 Å². The van der Waals surface area contributed by atoms with Crippen molar-refractivity contribution in [3.8, 4) is 0 Å². The third kappa shape index (κ3) is 3.99. The maximum Gasteiger partial charge on any atom is 0.339 e. The first-order valence-corrected chi connectivity index (χ1v) is 8.98. The Hall–Kier alpha value is -3.73. The van der Waals surface area contributed by atoms with Crippen LogP contribution < -0.4 is 5.32 Å². The number of amides is 1. The minimum Gasteiger partial charge on any atom is -0.453 e. The molecule has 5 heteroatoms. The zero-order valence-electron chi connectivity index (χ0n) is 15.0. The van der Waals surface area contributed by atoms with E-state index in [1.807, 2.05) is 66.7 Å². The lowest BCUT2D eigenvalue weighted by molar-refractivity contribution is -0.118. The van der Waals surface area contributed by atoms with Gasteiger partial charge in [-0.05, 0) is 42.0 Å². The molecule has 0 saturated carbocycles. The molecule has 1 aliphatic heterocycles. The number of anilines is 1. The Kier molecular flexibility index (Phi) is 4.97. The largest absolute Gasteiger partial charge is 0.453 e. The van der Waals surface area contributed by atoms with Crippen molar-refractivity contribution in [2.75, 3.05) is 5.32 Å². The number of carbonyl (C=O) groups excluding carboxylic acids is 2. The third-order valence-corrected chi connectivity index (χ3v) is 4.45. The average molecular weight is 370 g/mol. The molecule has 5 nitrogen and oxygen atoms in total. The lowest BCUT2D eigenvalue weighted by Gasteiger charge is -2.11. The van der Waals surface area contributed by atoms with Gasteiger partial charge in [-0.15, -0.1) is 0 Å². The van der Waals surface area contributed by atoms with Gasteiger partial charge in [0.15, 0.2) is 0 Å². The number of nitrogens with zero attached hydrogens (tertiary/aromatic N) is 1. The SMILES string of the molecule is O=C(C[C@@H]1OC(=O)c2ccccc21)Nc1cccc(/C=C/c2ccccn2)c1. The van der Waals surface area contributed by atoms with E-state index in [-0.39, 0.29) is 18.3 Å². The predicted octanol–water partition coefficient (Wildman–Crippen LogP) is 4.49. The molecule has 138 valence electrons. The topological polar surface area (TPSA) is 68.3 Å². The number of hydrogen-bond donors (Lipinski definition) is 1. The minimum atomic E-state index is -0.545. The number of rotatable bonds is 5. The summed E-state index contributed by atoms with van der Waals surface area (Å²) in [5.41, 5.74) is 3.78. The van der Waals surface area contributed by atoms with Gasteiger partial charge in [-0.2, -0.15) is 0 Å². The average Bonchev–Trinajstić information content (AvgIpc) is 3.03. The molecule has 0 bridgehead atoms. The molecule has 1 atom stereocenters. The van der Waals surface area contributed by atoms with Crippen LogP contribution in [0.2, 0.25) is 0 Å². The van der Waals surface area contributed by atoms with Crippen molar-refractivity contribution in [2.45, 2.75) is 12.5 Å². The van der Waals surface area contributed by atoms with Crippen LogP contribution in [-0.2, 0) is 9.53 Å². The smallest absolute Gasteiger partial charge is 0.339 e. The quantitative estimate of drug-likeness (QED) is 0.672. The Balaban J connectivity index is 1.41. The Morgan fingerprint density at radius 3 is 2.75 bits per heavy atom. The number of carbonyl (C=O) groups is 2. The molecule has 1 amide bonds. The second kappa shape index (κ2) is 7.88. The molecule has 2 aromatic carbocycles. The number of fused-ring (bicyclic) bond motifs is 1. The highest BCUT2D eigenvalue weighted by Gasteiger charge is 2.31. The van der Waals surface area contributed by atoms with Crippen molar-refractivity contribution in [1.82, 2.24) is 4.98 Å². The summed E-state index contributed by atoms with van der Waals surface area (Å²) in [6, 6.07) is 20.4. The van der Waals surface area contributed by atoms with E-state index < -0.39 is 6.10 Å². The van der Waals surface area contributed by atoms with Gasteiger partial charge in [-0.1, -0.05) is 42.5 Å². The van der Waals surface area contributed by atoms with Gasteiger partial charge in [0.1, 0.15) is 6.10 Å². The molecule has 1 N–H and O–H groups in total. The molecule has 0 spiro atoms. The number of esters is 1. The van der Waals surface area contributed by atoms with E-state index in [9.17, 15) is 9.59 Å². The predicted molar refractivity (Wildman–Crippen MR) is 107 cm³/mol. The molecule has 0 aliphatic carbocycles. The van der Waals surface area contributed by atoms with Crippen LogP contribution in [0.4, 0.5) is 5.69 Å². The van der Waals surface area contributed by atoms with Crippen LogP contribution in [0.5, 0.6) is 0 Å². The van der Waals surface area contributed by atoms with Crippen LogP contribution in [0.15, 0.2) is 72.9 Å². The standard InChI is InChI=1S/C23H18N2O3/c26-22(15-21-19-9-1-2-10-20(19)23(27)28-21)25-18-8-5-6-16(14-18)11-12-17-7-3-4-13-24-17/h1-14,21H,15H2,(H,25,26)/b12-11+/t21-/m0/s1. The van der Waals surface area contributed by atoms with E-state index in [4.69, 9.17) is 4.74 Å². The van der Waals surface area contributed by atoms with Crippen LogP contribution in [0, 0.1) is 0 Å². The molecular weight excluding hydrogens is 352 g/mol. The zero-order valence-corrected chi connectivity index (χ0v) is 15.0. The second-order valence-corrected chi connectivity index (χ2v) is 6.45. The van der Waals surface area contributed by atoms with Crippen LogP contribution in [-0.4, -0.2) is 16.9 Å². The first-order valence-electron chi connectivity index (χ1n) is 8.98. The number of ether oxygens (including phenoxy) is 1. The van der Waals surface area contributed by atoms with Crippen molar-refractivity contribution in [1.29, 1.82) is 0 Å². The van der Waals surface area contributed by atoms with Crippen LogP contribution in [0.3, 0.4) is 0 Å². The lowest BCUT2D eigenvalue weighted by atomic mass is 10.0. The molecule has 0 fully saturated rings. The highest BCUT2D eigenvalue weighted by atomic mass is 16.5. The summed E-state index contributed by atoms with van der Waals surface area (Å²) in [6.07, 6.45) is 5.13. The summed E-state index contributed by atoms with van der Waals surface area (Å²) >= 11 is 0. The van der Waals surface area contributed by atoms with Gasteiger partial charge in [0.25, 0.3) is 0 Å². The zero-order chi connectivity index (χ0) is 19.3. The monoisotopic (exact) mass is 370 g/mol. The molecule has 1 aliphatic rings. The molecule has 2 heterocycles. The van der Waals surface area contributed by atoms with Crippen LogP contribution in [0.25, 0.3) is 12.2 Å². The Bertz CT molecular complexity index is 1040. The molecule has 0 unspecified atom stereocenters. The highest BCUT2D eigenvalue weighted by Crippen LogP contribution is 2.33. The molecule has 3 aromatic rings. The molecule has 0 radical (unpaired) electrons. The second-order valence-electron chi connectivity index (χ2n) is 6.45. The van der Waals surface area contributed by atoms with Crippen molar-refractivity contribution in [3.63, 3.8) is 0 Å². The lowest BCUT2D eigenvalue weighted by Crippen LogP contribution is -2.15. The maximum absolute atomic E-state index is 12.4. The number of pyridine rings is 1. The fourth-order valence-corrected chi connectivity index (χ4v) is 3.13. The minimum absolute atomic E-state index is 0.0801. The van der Waals surface area contributed by atoms with Gasteiger partial charge in [0.05, 0.1) is 17.7 Å². The maximum atomic E-state index is 12.4. The van der Waals surface area contributed by atoms with Gasteiger partial charge < -0.3 is 10.1 Å². The normalized spacial score (nSPS) is 15.3. The fourth-order valence-electron chi connectivity index (χ4n) is 3.13.